The van der Waals surface area contributed by atoms with Crippen LogP contribution >= 0.6 is 0 Å². The van der Waals surface area contributed by atoms with E-state index in [1.165, 1.54) is 54.4 Å². The van der Waals surface area contributed by atoms with Gasteiger partial charge < -0.3 is 0 Å². The topological polar surface area (TPSA) is 0 Å². The molecule has 28 heavy (non-hydrogen) atoms. The molecule has 0 radical (unpaired) electrons. The third kappa shape index (κ3) is 2.79. The average molecular weight is 369 g/mol. The van der Waals surface area contributed by atoms with E-state index >= 15 is 0 Å². The standard InChI is InChI=1S/C28H32/c1-2-19-6-8-24(9-7-19)26-5-3-4-25-13-23(14-27(25)26)18-28-15-20-10-21(16-28)12-22(11-20)17-28/h3-9,14,20-22H,2,10-13,15-18H2,1H3. The van der Waals surface area contributed by atoms with E-state index in [1.807, 2.05) is 0 Å². The molecule has 4 fully saturated rings. The molecule has 0 saturated heterocycles. The number of fused-ring (bicyclic) bond motifs is 1. The maximum Gasteiger partial charge on any atom is -0.00574 e. The Morgan fingerprint density at radius 3 is 2.18 bits per heavy atom. The fraction of sp³-hybridized carbons (Fsp3) is 0.500. The van der Waals surface area contributed by atoms with Crippen molar-refractivity contribution in [2.75, 3.05) is 0 Å². The van der Waals surface area contributed by atoms with Crippen LogP contribution in [-0.4, -0.2) is 0 Å². The molecule has 0 heteroatoms. The highest BCUT2D eigenvalue weighted by molar-refractivity contribution is 5.80. The lowest BCUT2D eigenvalue weighted by Crippen LogP contribution is -2.46. The average Bonchev–Trinajstić information content (AvgIpc) is 3.08. The highest BCUT2D eigenvalue weighted by Gasteiger charge is 2.50. The van der Waals surface area contributed by atoms with Crippen molar-refractivity contribution in [2.24, 2.45) is 23.2 Å². The molecular weight excluding hydrogens is 336 g/mol. The van der Waals surface area contributed by atoms with Crippen LogP contribution in [0.1, 0.15) is 68.6 Å². The number of hydrogen-bond donors (Lipinski definition) is 0. The Morgan fingerprint density at radius 1 is 0.857 bits per heavy atom. The summed E-state index contributed by atoms with van der Waals surface area (Å²) in [6.07, 6.45) is 15.5. The van der Waals surface area contributed by atoms with Gasteiger partial charge in [-0.1, -0.05) is 61.0 Å². The van der Waals surface area contributed by atoms with Gasteiger partial charge in [0.15, 0.2) is 0 Å². The maximum absolute atomic E-state index is 2.58. The molecule has 0 amide bonds. The van der Waals surface area contributed by atoms with Crippen molar-refractivity contribution < 1.29 is 0 Å². The number of rotatable bonds is 4. The first-order valence-corrected chi connectivity index (χ1v) is 11.6. The normalized spacial score (nSPS) is 32.5. The van der Waals surface area contributed by atoms with Crippen LogP contribution in [0.2, 0.25) is 0 Å². The predicted molar refractivity (Wildman–Crippen MR) is 118 cm³/mol. The molecule has 4 bridgehead atoms. The lowest BCUT2D eigenvalue weighted by Gasteiger charge is -2.57. The molecule has 0 aliphatic heterocycles. The Hall–Kier alpha value is -1.82. The molecule has 144 valence electrons. The first-order valence-electron chi connectivity index (χ1n) is 11.6. The minimum absolute atomic E-state index is 0.658. The smallest absolute Gasteiger partial charge is 0.00574 e. The van der Waals surface area contributed by atoms with E-state index in [0.29, 0.717) is 5.41 Å². The summed E-state index contributed by atoms with van der Waals surface area (Å²) >= 11 is 0. The number of aryl methyl sites for hydroxylation is 1. The first-order chi connectivity index (χ1) is 13.7. The molecule has 0 aromatic heterocycles. The molecule has 0 nitrogen and oxygen atoms in total. The number of hydrogen-bond acceptors (Lipinski definition) is 0. The summed E-state index contributed by atoms with van der Waals surface area (Å²) in [5, 5.41) is 0. The second-order valence-corrected chi connectivity index (χ2v) is 10.5. The second kappa shape index (κ2) is 6.34. The van der Waals surface area contributed by atoms with Gasteiger partial charge in [-0.05, 0) is 109 Å². The van der Waals surface area contributed by atoms with E-state index in [9.17, 15) is 0 Å². The monoisotopic (exact) mass is 368 g/mol. The van der Waals surface area contributed by atoms with Crippen molar-refractivity contribution in [3.8, 4) is 11.1 Å². The second-order valence-electron chi connectivity index (χ2n) is 10.5. The van der Waals surface area contributed by atoms with Gasteiger partial charge in [-0.2, -0.15) is 0 Å². The highest BCUT2D eigenvalue weighted by Crippen LogP contribution is 2.62. The summed E-state index contributed by atoms with van der Waals surface area (Å²) in [4.78, 5) is 0. The lowest BCUT2D eigenvalue weighted by atomic mass is 9.48. The molecular formula is C28H32. The molecule has 2 aromatic rings. The molecule has 0 spiro atoms. The fourth-order valence-electron chi connectivity index (χ4n) is 7.71. The summed E-state index contributed by atoms with van der Waals surface area (Å²) in [6.45, 7) is 2.23. The zero-order chi connectivity index (χ0) is 18.7. The Balaban J connectivity index is 1.30. The molecule has 5 aliphatic carbocycles. The van der Waals surface area contributed by atoms with Crippen molar-refractivity contribution in [1.29, 1.82) is 0 Å². The van der Waals surface area contributed by atoms with E-state index in [-0.39, 0.29) is 0 Å². The van der Waals surface area contributed by atoms with E-state index in [0.717, 1.165) is 24.2 Å². The third-order valence-corrected chi connectivity index (χ3v) is 8.40. The van der Waals surface area contributed by atoms with Crippen molar-refractivity contribution >= 4 is 6.08 Å². The van der Waals surface area contributed by atoms with Crippen LogP contribution in [0.5, 0.6) is 0 Å². The number of benzene rings is 2. The molecule has 0 heterocycles. The molecule has 0 atom stereocenters. The third-order valence-electron chi connectivity index (χ3n) is 8.40. The Labute approximate surface area is 170 Å². The van der Waals surface area contributed by atoms with Crippen LogP contribution in [0, 0.1) is 23.2 Å². The molecule has 0 N–H and O–H groups in total. The minimum Gasteiger partial charge on any atom is -0.0646 e. The van der Waals surface area contributed by atoms with E-state index in [1.54, 1.807) is 30.4 Å². The quantitative estimate of drug-likeness (QED) is 0.525. The van der Waals surface area contributed by atoms with Crippen molar-refractivity contribution in [2.45, 2.75) is 64.7 Å². The Kier molecular flexibility index (Phi) is 3.87. The van der Waals surface area contributed by atoms with Crippen LogP contribution in [0.4, 0.5) is 0 Å². The highest BCUT2D eigenvalue weighted by atomic mass is 14.6. The predicted octanol–water partition coefficient (Wildman–Crippen LogP) is 7.46. The van der Waals surface area contributed by atoms with Crippen LogP contribution in [0.3, 0.4) is 0 Å². The molecule has 0 unspecified atom stereocenters. The SMILES string of the molecule is CCc1ccc(-c2cccc3c2C=C(CC24CC5CC(CC(C5)C2)C4)C3)cc1. The molecule has 2 aromatic carbocycles. The zero-order valence-electron chi connectivity index (χ0n) is 17.2. The van der Waals surface area contributed by atoms with Crippen molar-refractivity contribution in [3.05, 3.63) is 64.7 Å². The number of allylic oxidation sites excluding steroid dienone is 1. The van der Waals surface area contributed by atoms with Gasteiger partial charge in [-0.25, -0.2) is 0 Å². The van der Waals surface area contributed by atoms with Crippen molar-refractivity contribution in [3.63, 3.8) is 0 Å². The van der Waals surface area contributed by atoms with Crippen LogP contribution in [0.25, 0.3) is 17.2 Å². The van der Waals surface area contributed by atoms with Gasteiger partial charge in [-0.3, -0.25) is 0 Å². The van der Waals surface area contributed by atoms with E-state index in [2.05, 4.69) is 55.5 Å². The van der Waals surface area contributed by atoms with Gasteiger partial charge in [0.1, 0.15) is 0 Å². The van der Waals surface area contributed by atoms with Gasteiger partial charge in [0.25, 0.3) is 0 Å². The van der Waals surface area contributed by atoms with Crippen LogP contribution in [-0.2, 0) is 12.8 Å². The van der Waals surface area contributed by atoms with E-state index < -0.39 is 0 Å². The Bertz CT molecular complexity index is 892. The minimum atomic E-state index is 0.658. The molecule has 5 aliphatic rings. The summed E-state index contributed by atoms with van der Waals surface area (Å²) in [7, 11) is 0. The zero-order valence-corrected chi connectivity index (χ0v) is 17.2. The van der Waals surface area contributed by atoms with Gasteiger partial charge in [0, 0.05) is 0 Å². The fourth-order valence-corrected chi connectivity index (χ4v) is 7.71. The van der Waals surface area contributed by atoms with Gasteiger partial charge in [-0.15, -0.1) is 0 Å². The van der Waals surface area contributed by atoms with Crippen LogP contribution < -0.4 is 0 Å². The van der Waals surface area contributed by atoms with Gasteiger partial charge in [0.05, 0.1) is 0 Å². The summed E-state index contributed by atoms with van der Waals surface area (Å²) < 4.78 is 0. The molecule has 4 saturated carbocycles. The summed E-state index contributed by atoms with van der Waals surface area (Å²) in [5.41, 5.74) is 9.67. The Morgan fingerprint density at radius 2 is 1.54 bits per heavy atom. The maximum atomic E-state index is 2.58. The molecule has 7 rings (SSSR count). The lowest BCUT2D eigenvalue weighted by molar-refractivity contribution is -0.0521. The van der Waals surface area contributed by atoms with Gasteiger partial charge in [0.2, 0.25) is 0 Å². The summed E-state index contributed by atoms with van der Waals surface area (Å²) in [6, 6.07) is 16.2. The van der Waals surface area contributed by atoms with Crippen LogP contribution in [0.15, 0.2) is 48.0 Å². The van der Waals surface area contributed by atoms with E-state index in [4.69, 9.17) is 0 Å². The van der Waals surface area contributed by atoms with Gasteiger partial charge >= 0.3 is 0 Å². The van der Waals surface area contributed by atoms with Crippen molar-refractivity contribution in [1.82, 2.24) is 0 Å². The summed E-state index contributed by atoms with van der Waals surface area (Å²) in [5.74, 6) is 3.18. The largest absolute Gasteiger partial charge is 0.0646 e. The first kappa shape index (κ1) is 17.1.